The number of nitrogens with zero attached hydrogens (tertiary/aromatic N) is 1. The third-order valence-corrected chi connectivity index (χ3v) is 4.47. The van der Waals surface area contributed by atoms with Crippen LogP contribution in [-0.4, -0.2) is 36.2 Å². The Morgan fingerprint density at radius 3 is 2.69 bits per heavy atom. The average molecular weight is 374 g/mol. The predicted molar refractivity (Wildman–Crippen MR) is 100 cm³/mol. The van der Waals surface area contributed by atoms with Crippen LogP contribution in [0.3, 0.4) is 0 Å². The van der Waals surface area contributed by atoms with E-state index >= 15 is 0 Å². The number of amides is 1. The first-order valence-corrected chi connectivity index (χ1v) is 8.65. The monoisotopic (exact) mass is 373 g/mol. The van der Waals surface area contributed by atoms with Gasteiger partial charge in [0.15, 0.2) is 0 Å². The highest BCUT2D eigenvalue weighted by Gasteiger charge is 2.17. The summed E-state index contributed by atoms with van der Waals surface area (Å²) in [6.07, 6.45) is 1.80. The van der Waals surface area contributed by atoms with Crippen LogP contribution in [0.4, 0.5) is 0 Å². The zero-order valence-corrected chi connectivity index (χ0v) is 15.2. The van der Waals surface area contributed by atoms with Crippen molar-refractivity contribution in [3.8, 4) is 5.75 Å². The number of fused-ring (bicyclic) bond motifs is 1. The van der Waals surface area contributed by atoms with Crippen molar-refractivity contribution < 1.29 is 19.1 Å². The van der Waals surface area contributed by atoms with Gasteiger partial charge in [-0.2, -0.15) is 0 Å². The molecule has 0 unspecified atom stereocenters. The van der Waals surface area contributed by atoms with Crippen molar-refractivity contribution >= 4 is 28.5 Å². The molecule has 0 aliphatic rings. The van der Waals surface area contributed by atoms with E-state index in [-0.39, 0.29) is 25.5 Å². The Bertz CT molecular complexity index is 888. The molecule has 1 amide bonds. The van der Waals surface area contributed by atoms with Crippen molar-refractivity contribution in [2.24, 2.45) is 0 Å². The van der Waals surface area contributed by atoms with Crippen molar-refractivity contribution in [3.63, 3.8) is 0 Å². The molecule has 3 rings (SSSR count). The second-order valence-electron chi connectivity index (χ2n) is 5.97. The van der Waals surface area contributed by atoms with Gasteiger partial charge in [0.05, 0.1) is 26.4 Å². The number of furan rings is 1. The molecule has 1 aromatic heterocycles. The number of aliphatic hydroxyl groups excluding tert-OH is 1. The van der Waals surface area contributed by atoms with Gasteiger partial charge in [0.1, 0.15) is 11.3 Å². The number of rotatable bonds is 7. The van der Waals surface area contributed by atoms with Crippen LogP contribution >= 0.6 is 11.6 Å². The van der Waals surface area contributed by atoms with Gasteiger partial charge in [0, 0.05) is 35.1 Å². The smallest absolute Gasteiger partial charge is 0.227 e. The van der Waals surface area contributed by atoms with Crippen molar-refractivity contribution in [2.75, 3.05) is 20.3 Å². The molecule has 0 atom stereocenters. The van der Waals surface area contributed by atoms with Gasteiger partial charge in [-0.1, -0.05) is 23.7 Å². The SMILES string of the molecule is COc1ccc2c(CC(=O)N(CCO)Cc3ccc(Cl)cc3)coc2c1. The van der Waals surface area contributed by atoms with E-state index in [1.165, 1.54) is 0 Å². The maximum Gasteiger partial charge on any atom is 0.227 e. The summed E-state index contributed by atoms with van der Waals surface area (Å²) in [6.45, 7) is 0.591. The first kappa shape index (κ1) is 18.3. The van der Waals surface area contributed by atoms with Gasteiger partial charge < -0.3 is 19.2 Å². The van der Waals surface area contributed by atoms with Crippen LogP contribution in [-0.2, 0) is 17.8 Å². The average Bonchev–Trinajstić information content (AvgIpc) is 3.05. The Hall–Kier alpha value is -2.50. The molecule has 1 N–H and O–H groups in total. The molecule has 0 spiro atoms. The molecule has 0 fully saturated rings. The molecule has 0 radical (unpaired) electrons. The third-order valence-electron chi connectivity index (χ3n) is 4.21. The van der Waals surface area contributed by atoms with E-state index in [4.69, 9.17) is 20.8 Å². The minimum atomic E-state index is -0.0946. The standard InChI is InChI=1S/C20H20ClNO4/c1-25-17-6-7-18-15(13-26-19(18)11-17)10-20(24)22(8-9-23)12-14-2-4-16(21)5-3-14/h2-7,11,13,23H,8-10,12H2,1H3. The Morgan fingerprint density at radius 2 is 2.00 bits per heavy atom. The van der Waals surface area contributed by atoms with E-state index in [0.29, 0.717) is 22.9 Å². The number of halogens is 1. The Morgan fingerprint density at radius 1 is 1.23 bits per heavy atom. The number of benzene rings is 2. The minimum absolute atomic E-state index is 0.0764. The fraction of sp³-hybridized carbons (Fsp3) is 0.250. The van der Waals surface area contributed by atoms with Crippen LogP contribution in [0.2, 0.25) is 5.02 Å². The second kappa shape index (κ2) is 8.25. The highest BCUT2D eigenvalue weighted by Crippen LogP contribution is 2.26. The molecular formula is C20H20ClNO4. The van der Waals surface area contributed by atoms with Gasteiger partial charge in [-0.05, 0) is 29.8 Å². The van der Waals surface area contributed by atoms with E-state index in [1.54, 1.807) is 36.5 Å². The van der Waals surface area contributed by atoms with Crippen LogP contribution in [0, 0.1) is 0 Å². The van der Waals surface area contributed by atoms with Crippen molar-refractivity contribution in [2.45, 2.75) is 13.0 Å². The molecule has 2 aromatic carbocycles. The molecule has 0 saturated heterocycles. The molecule has 6 heteroatoms. The van der Waals surface area contributed by atoms with E-state index in [0.717, 1.165) is 16.5 Å². The fourth-order valence-corrected chi connectivity index (χ4v) is 2.95. The summed E-state index contributed by atoms with van der Waals surface area (Å²) in [5.41, 5.74) is 2.45. The van der Waals surface area contributed by atoms with Gasteiger partial charge >= 0.3 is 0 Å². The first-order chi connectivity index (χ1) is 12.6. The summed E-state index contributed by atoms with van der Waals surface area (Å²) in [5.74, 6) is 0.627. The van der Waals surface area contributed by atoms with E-state index in [1.807, 2.05) is 24.3 Å². The number of carbonyl (C=O) groups is 1. The topological polar surface area (TPSA) is 62.9 Å². The van der Waals surface area contributed by atoms with Gasteiger partial charge in [0.25, 0.3) is 0 Å². The van der Waals surface area contributed by atoms with Crippen molar-refractivity contribution in [1.29, 1.82) is 0 Å². The van der Waals surface area contributed by atoms with E-state index < -0.39 is 0 Å². The highest BCUT2D eigenvalue weighted by atomic mass is 35.5. The van der Waals surface area contributed by atoms with Gasteiger partial charge in [-0.25, -0.2) is 0 Å². The number of methoxy groups -OCH3 is 1. The van der Waals surface area contributed by atoms with Crippen LogP contribution in [0.15, 0.2) is 53.1 Å². The second-order valence-corrected chi connectivity index (χ2v) is 6.40. The summed E-state index contributed by atoms with van der Waals surface area (Å²) < 4.78 is 10.7. The molecular weight excluding hydrogens is 354 g/mol. The summed E-state index contributed by atoms with van der Waals surface area (Å²) in [5, 5.41) is 10.8. The van der Waals surface area contributed by atoms with Crippen LogP contribution in [0.5, 0.6) is 5.75 Å². The van der Waals surface area contributed by atoms with Crippen LogP contribution in [0.1, 0.15) is 11.1 Å². The molecule has 1 heterocycles. The lowest BCUT2D eigenvalue weighted by atomic mass is 10.1. The van der Waals surface area contributed by atoms with E-state index in [9.17, 15) is 9.90 Å². The van der Waals surface area contributed by atoms with Gasteiger partial charge in [-0.15, -0.1) is 0 Å². The van der Waals surface area contributed by atoms with Gasteiger partial charge in [-0.3, -0.25) is 4.79 Å². The number of aliphatic hydroxyl groups is 1. The zero-order valence-electron chi connectivity index (χ0n) is 14.4. The molecule has 0 bridgehead atoms. The lowest BCUT2D eigenvalue weighted by Crippen LogP contribution is -2.34. The number of hydrogen-bond acceptors (Lipinski definition) is 4. The summed E-state index contributed by atoms with van der Waals surface area (Å²) in [4.78, 5) is 14.4. The quantitative estimate of drug-likeness (QED) is 0.686. The molecule has 26 heavy (non-hydrogen) atoms. The van der Waals surface area contributed by atoms with Crippen LogP contribution < -0.4 is 4.74 Å². The summed E-state index contributed by atoms with van der Waals surface area (Å²) >= 11 is 5.90. The summed E-state index contributed by atoms with van der Waals surface area (Å²) in [6, 6.07) is 12.8. The molecule has 3 aromatic rings. The minimum Gasteiger partial charge on any atom is -0.497 e. The van der Waals surface area contributed by atoms with E-state index in [2.05, 4.69) is 0 Å². The molecule has 0 aliphatic heterocycles. The maximum absolute atomic E-state index is 12.8. The summed E-state index contributed by atoms with van der Waals surface area (Å²) in [7, 11) is 1.60. The van der Waals surface area contributed by atoms with Gasteiger partial charge in [0.2, 0.25) is 5.91 Å². The molecule has 5 nitrogen and oxygen atoms in total. The Balaban J connectivity index is 1.76. The third kappa shape index (κ3) is 4.18. The predicted octanol–water partition coefficient (Wildman–Crippen LogP) is 3.66. The van der Waals surface area contributed by atoms with Crippen LogP contribution in [0.25, 0.3) is 11.0 Å². The van der Waals surface area contributed by atoms with Crippen molar-refractivity contribution in [1.82, 2.24) is 4.90 Å². The molecule has 0 saturated carbocycles. The normalized spacial score (nSPS) is 10.9. The number of ether oxygens (including phenoxy) is 1. The highest BCUT2D eigenvalue weighted by molar-refractivity contribution is 6.30. The molecule has 0 aliphatic carbocycles. The number of carbonyl (C=O) groups excluding carboxylic acids is 1. The lowest BCUT2D eigenvalue weighted by molar-refractivity contribution is -0.131. The zero-order chi connectivity index (χ0) is 18.5. The fourth-order valence-electron chi connectivity index (χ4n) is 2.82. The maximum atomic E-state index is 12.8. The lowest BCUT2D eigenvalue weighted by Gasteiger charge is -2.22. The Labute approximate surface area is 156 Å². The molecule has 136 valence electrons. The number of hydrogen-bond donors (Lipinski definition) is 1. The largest absolute Gasteiger partial charge is 0.497 e. The first-order valence-electron chi connectivity index (χ1n) is 8.28. The van der Waals surface area contributed by atoms with Crippen molar-refractivity contribution in [3.05, 3.63) is 64.9 Å². The Kier molecular flexibility index (Phi) is 5.81.